The highest BCUT2D eigenvalue weighted by Gasteiger charge is 2.30. The van der Waals surface area contributed by atoms with E-state index in [1.54, 1.807) is 25.6 Å². The van der Waals surface area contributed by atoms with Crippen molar-refractivity contribution in [1.29, 1.82) is 0 Å². The van der Waals surface area contributed by atoms with Crippen LogP contribution in [0.5, 0.6) is 11.5 Å². The molecule has 1 aliphatic heterocycles. The van der Waals surface area contributed by atoms with Gasteiger partial charge in [0.1, 0.15) is 11.5 Å². The monoisotopic (exact) mass is 365 g/mol. The summed E-state index contributed by atoms with van der Waals surface area (Å²) in [4.78, 5) is 13.6. The van der Waals surface area contributed by atoms with Gasteiger partial charge in [0.15, 0.2) is 0 Å². The van der Waals surface area contributed by atoms with E-state index in [2.05, 4.69) is 16.8 Å². The molecule has 4 nitrogen and oxygen atoms in total. The molecule has 0 saturated carbocycles. The van der Waals surface area contributed by atoms with Gasteiger partial charge in [-0.1, -0.05) is 24.3 Å². The Bertz CT molecular complexity index is 946. The van der Waals surface area contributed by atoms with Crippen LogP contribution in [-0.2, 0) is 4.79 Å². The third-order valence-corrected chi connectivity index (χ3v) is 5.78. The average molecular weight is 365 g/mol. The average Bonchev–Trinajstić information content (AvgIpc) is 3.11. The van der Waals surface area contributed by atoms with Crippen LogP contribution >= 0.6 is 11.3 Å². The summed E-state index contributed by atoms with van der Waals surface area (Å²) in [7, 11) is 3.31. The lowest BCUT2D eigenvalue weighted by Crippen LogP contribution is -2.22. The summed E-state index contributed by atoms with van der Waals surface area (Å²) in [6, 6.07) is 15.9. The number of methoxy groups -OCH3 is 2. The molecule has 0 radical (unpaired) electrons. The number of ether oxygens (including phenoxy) is 2. The minimum absolute atomic E-state index is 0.0403. The minimum Gasteiger partial charge on any atom is -0.497 e. The van der Waals surface area contributed by atoms with Crippen LogP contribution in [0.25, 0.3) is 11.1 Å². The van der Waals surface area contributed by atoms with Gasteiger partial charge in [-0.05, 0) is 35.4 Å². The number of thiophene rings is 1. The highest BCUT2D eigenvalue weighted by Crippen LogP contribution is 2.47. The number of nitrogens with one attached hydrogen (secondary N) is 1. The maximum Gasteiger partial charge on any atom is 0.225 e. The number of carbonyl (C=O) groups excluding carboxylic acids is 1. The standard InChI is InChI=1S/C21H19NO3S/c1-24-15-8-6-13(7-9-15)18-12-26-21-17(11-19(23)22-20(18)21)14-4-3-5-16(10-14)25-2/h3-10,12,17H,11H2,1-2H3,(H,22,23)/t17-/m0/s1. The van der Waals surface area contributed by atoms with Crippen molar-refractivity contribution in [3.05, 3.63) is 64.4 Å². The molecule has 0 aliphatic carbocycles. The summed E-state index contributed by atoms with van der Waals surface area (Å²) in [5.41, 5.74) is 4.14. The van der Waals surface area contributed by atoms with Gasteiger partial charge < -0.3 is 14.8 Å². The molecule has 0 unspecified atom stereocenters. The molecule has 0 bridgehead atoms. The zero-order valence-corrected chi connectivity index (χ0v) is 15.4. The van der Waals surface area contributed by atoms with Gasteiger partial charge >= 0.3 is 0 Å². The third kappa shape index (κ3) is 2.95. The molecule has 1 amide bonds. The maximum atomic E-state index is 12.4. The number of hydrogen-bond acceptors (Lipinski definition) is 4. The summed E-state index contributed by atoms with van der Waals surface area (Å²) >= 11 is 1.69. The summed E-state index contributed by atoms with van der Waals surface area (Å²) in [5.74, 6) is 1.71. The Morgan fingerprint density at radius 2 is 1.81 bits per heavy atom. The Balaban J connectivity index is 1.76. The maximum absolute atomic E-state index is 12.4. The van der Waals surface area contributed by atoms with Crippen molar-refractivity contribution in [2.45, 2.75) is 12.3 Å². The van der Waals surface area contributed by atoms with Gasteiger partial charge in [0.2, 0.25) is 5.91 Å². The Morgan fingerprint density at radius 3 is 2.54 bits per heavy atom. The molecular formula is C21H19NO3S. The second-order valence-corrected chi connectivity index (χ2v) is 7.11. The summed E-state index contributed by atoms with van der Waals surface area (Å²) < 4.78 is 10.6. The van der Waals surface area contributed by atoms with E-state index in [-0.39, 0.29) is 11.8 Å². The van der Waals surface area contributed by atoms with Crippen LogP contribution in [0.15, 0.2) is 53.9 Å². The Morgan fingerprint density at radius 1 is 1.04 bits per heavy atom. The van der Waals surface area contributed by atoms with Crippen molar-refractivity contribution < 1.29 is 14.3 Å². The predicted octanol–water partition coefficient (Wildman–Crippen LogP) is 4.91. The molecule has 0 saturated heterocycles. The van der Waals surface area contributed by atoms with E-state index in [4.69, 9.17) is 9.47 Å². The van der Waals surface area contributed by atoms with Crippen molar-refractivity contribution in [2.24, 2.45) is 0 Å². The molecule has 1 N–H and O–H groups in total. The smallest absolute Gasteiger partial charge is 0.225 e. The molecule has 3 aromatic rings. The molecule has 26 heavy (non-hydrogen) atoms. The van der Waals surface area contributed by atoms with Crippen molar-refractivity contribution >= 4 is 22.9 Å². The summed E-state index contributed by atoms with van der Waals surface area (Å²) in [5, 5.41) is 5.19. The number of amides is 1. The topological polar surface area (TPSA) is 47.6 Å². The fraction of sp³-hybridized carbons (Fsp3) is 0.190. The molecule has 132 valence electrons. The van der Waals surface area contributed by atoms with Crippen LogP contribution in [0.1, 0.15) is 22.8 Å². The summed E-state index contributed by atoms with van der Waals surface area (Å²) in [6.45, 7) is 0. The minimum atomic E-state index is 0.0403. The fourth-order valence-corrected chi connectivity index (χ4v) is 4.50. The van der Waals surface area contributed by atoms with Crippen LogP contribution in [0, 0.1) is 0 Å². The second kappa shape index (κ2) is 6.84. The number of fused-ring (bicyclic) bond motifs is 1. The van der Waals surface area contributed by atoms with Gasteiger partial charge in [-0.25, -0.2) is 0 Å². The molecule has 1 aromatic heterocycles. The van der Waals surface area contributed by atoms with Gasteiger partial charge in [-0.3, -0.25) is 4.79 Å². The van der Waals surface area contributed by atoms with E-state index < -0.39 is 0 Å². The predicted molar refractivity (Wildman–Crippen MR) is 104 cm³/mol. The lowest BCUT2D eigenvalue weighted by atomic mass is 9.89. The summed E-state index contributed by atoms with van der Waals surface area (Å²) in [6.07, 6.45) is 0.447. The number of hydrogen-bond donors (Lipinski definition) is 1. The fourth-order valence-electron chi connectivity index (χ4n) is 3.34. The van der Waals surface area contributed by atoms with Gasteiger partial charge in [-0.15, -0.1) is 11.3 Å². The molecule has 2 heterocycles. The number of carbonyl (C=O) groups is 1. The molecule has 0 spiro atoms. The van der Waals surface area contributed by atoms with Crippen LogP contribution < -0.4 is 14.8 Å². The first-order valence-electron chi connectivity index (χ1n) is 8.39. The normalized spacial score (nSPS) is 15.9. The van der Waals surface area contributed by atoms with Crippen molar-refractivity contribution in [1.82, 2.24) is 0 Å². The zero-order chi connectivity index (χ0) is 18.1. The highest BCUT2D eigenvalue weighted by molar-refractivity contribution is 7.11. The van der Waals surface area contributed by atoms with Crippen molar-refractivity contribution in [2.75, 3.05) is 19.5 Å². The van der Waals surface area contributed by atoms with E-state index in [0.717, 1.165) is 33.9 Å². The molecule has 1 aliphatic rings. The molecule has 1 atom stereocenters. The van der Waals surface area contributed by atoms with Crippen LogP contribution in [0.4, 0.5) is 5.69 Å². The third-order valence-electron chi connectivity index (χ3n) is 4.69. The SMILES string of the molecule is COc1ccc(-c2csc3c2NC(=O)C[C@H]3c2cccc(OC)c2)cc1. The van der Waals surface area contributed by atoms with Gasteiger partial charge in [0, 0.05) is 28.2 Å². The van der Waals surface area contributed by atoms with E-state index in [1.807, 2.05) is 42.5 Å². The van der Waals surface area contributed by atoms with Crippen molar-refractivity contribution in [3.8, 4) is 22.6 Å². The molecule has 2 aromatic carbocycles. The molecule has 5 heteroatoms. The second-order valence-electron chi connectivity index (χ2n) is 6.20. The number of anilines is 1. The molecule has 0 fully saturated rings. The lowest BCUT2D eigenvalue weighted by Gasteiger charge is -2.24. The largest absolute Gasteiger partial charge is 0.497 e. The first-order valence-corrected chi connectivity index (χ1v) is 9.27. The molecular weight excluding hydrogens is 346 g/mol. The van der Waals surface area contributed by atoms with Crippen LogP contribution in [0.3, 0.4) is 0 Å². The zero-order valence-electron chi connectivity index (χ0n) is 14.6. The van der Waals surface area contributed by atoms with E-state index in [9.17, 15) is 4.79 Å². The Labute approximate surface area is 156 Å². The first kappa shape index (κ1) is 16.7. The van der Waals surface area contributed by atoms with Crippen LogP contribution in [-0.4, -0.2) is 20.1 Å². The quantitative estimate of drug-likeness (QED) is 0.715. The number of benzene rings is 2. The van der Waals surface area contributed by atoms with Gasteiger partial charge in [0.25, 0.3) is 0 Å². The van der Waals surface area contributed by atoms with E-state index in [1.165, 1.54) is 4.88 Å². The van der Waals surface area contributed by atoms with Crippen molar-refractivity contribution in [3.63, 3.8) is 0 Å². The van der Waals surface area contributed by atoms with Gasteiger partial charge in [0.05, 0.1) is 19.9 Å². The first-order chi connectivity index (χ1) is 12.7. The van der Waals surface area contributed by atoms with Crippen LogP contribution in [0.2, 0.25) is 0 Å². The number of rotatable bonds is 4. The molecule has 4 rings (SSSR count). The Hall–Kier alpha value is -2.79. The van der Waals surface area contributed by atoms with E-state index >= 15 is 0 Å². The van der Waals surface area contributed by atoms with E-state index in [0.29, 0.717) is 6.42 Å². The van der Waals surface area contributed by atoms with Gasteiger partial charge in [-0.2, -0.15) is 0 Å². The highest BCUT2D eigenvalue weighted by atomic mass is 32.1. The Kier molecular flexibility index (Phi) is 4.39. The lowest BCUT2D eigenvalue weighted by molar-refractivity contribution is -0.116.